The Labute approximate surface area is 104 Å². The molecule has 4 nitrogen and oxygen atoms in total. The standard InChI is InChI=1S/C9H16N2.C2HF3O2/c10-7-1-2-8-3-5-9(11)6-4-8;3-2(4,5)1(6)7/h8-9H,1-6,11H2;(H,6,7)/t8-,9-;. The molecule has 1 rings (SSSR count). The average molecular weight is 266 g/mol. The summed E-state index contributed by atoms with van der Waals surface area (Å²) in [5.41, 5.74) is 5.76. The molecular formula is C11H17F3N2O2. The van der Waals surface area contributed by atoms with E-state index in [4.69, 9.17) is 20.9 Å². The van der Waals surface area contributed by atoms with Crippen molar-refractivity contribution in [3.8, 4) is 6.07 Å². The molecule has 1 saturated carbocycles. The first-order valence-corrected chi connectivity index (χ1v) is 5.70. The highest BCUT2D eigenvalue weighted by Crippen LogP contribution is 2.26. The molecule has 0 aromatic heterocycles. The smallest absolute Gasteiger partial charge is 0.475 e. The minimum Gasteiger partial charge on any atom is -0.475 e. The minimum absolute atomic E-state index is 0.438. The molecule has 18 heavy (non-hydrogen) atoms. The van der Waals surface area contributed by atoms with E-state index in [2.05, 4.69) is 6.07 Å². The Hall–Kier alpha value is -1.29. The molecule has 1 aliphatic carbocycles. The van der Waals surface area contributed by atoms with Gasteiger partial charge in [-0.05, 0) is 38.0 Å². The molecule has 0 spiro atoms. The van der Waals surface area contributed by atoms with Gasteiger partial charge in [0.2, 0.25) is 0 Å². The Balaban J connectivity index is 0.000000360. The van der Waals surface area contributed by atoms with Crippen LogP contribution in [0.1, 0.15) is 38.5 Å². The van der Waals surface area contributed by atoms with Crippen molar-refractivity contribution >= 4 is 5.97 Å². The molecule has 0 bridgehead atoms. The summed E-state index contributed by atoms with van der Waals surface area (Å²) in [6, 6.07) is 2.63. The molecule has 104 valence electrons. The van der Waals surface area contributed by atoms with Crippen LogP contribution in [0.2, 0.25) is 0 Å². The zero-order chi connectivity index (χ0) is 14.2. The number of aliphatic carboxylic acids is 1. The van der Waals surface area contributed by atoms with Crippen LogP contribution in [0, 0.1) is 17.2 Å². The van der Waals surface area contributed by atoms with Gasteiger partial charge in [0.1, 0.15) is 0 Å². The Morgan fingerprint density at radius 2 is 1.78 bits per heavy atom. The summed E-state index contributed by atoms with van der Waals surface area (Å²) in [5.74, 6) is -1.97. The van der Waals surface area contributed by atoms with Gasteiger partial charge >= 0.3 is 12.1 Å². The summed E-state index contributed by atoms with van der Waals surface area (Å²) < 4.78 is 31.7. The van der Waals surface area contributed by atoms with E-state index in [-0.39, 0.29) is 0 Å². The number of hydrogen-bond acceptors (Lipinski definition) is 3. The summed E-state index contributed by atoms with van der Waals surface area (Å²) in [6.07, 6.45) is 1.53. The summed E-state index contributed by atoms with van der Waals surface area (Å²) in [6.45, 7) is 0. The van der Waals surface area contributed by atoms with Crippen LogP contribution < -0.4 is 5.73 Å². The molecule has 0 saturated heterocycles. The lowest BCUT2D eigenvalue weighted by Gasteiger charge is -2.25. The summed E-state index contributed by atoms with van der Waals surface area (Å²) >= 11 is 0. The number of alkyl halides is 3. The number of carbonyl (C=O) groups is 1. The van der Waals surface area contributed by atoms with Crippen molar-refractivity contribution in [2.75, 3.05) is 0 Å². The molecule has 0 radical (unpaired) electrons. The fourth-order valence-electron chi connectivity index (χ4n) is 1.75. The lowest BCUT2D eigenvalue weighted by Crippen LogP contribution is -2.26. The first-order chi connectivity index (χ1) is 8.27. The number of rotatable bonds is 2. The van der Waals surface area contributed by atoms with Gasteiger partial charge in [-0.1, -0.05) is 0 Å². The highest BCUT2D eigenvalue weighted by Gasteiger charge is 2.38. The van der Waals surface area contributed by atoms with Gasteiger partial charge in [-0.2, -0.15) is 18.4 Å². The van der Waals surface area contributed by atoms with Crippen molar-refractivity contribution in [3.05, 3.63) is 0 Å². The number of hydrogen-bond donors (Lipinski definition) is 2. The fraction of sp³-hybridized carbons (Fsp3) is 0.818. The summed E-state index contributed by atoms with van der Waals surface area (Å²) in [5, 5.41) is 15.5. The second-order valence-corrected chi connectivity index (χ2v) is 4.28. The first kappa shape index (κ1) is 16.7. The van der Waals surface area contributed by atoms with Crippen molar-refractivity contribution in [2.24, 2.45) is 11.7 Å². The van der Waals surface area contributed by atoms with E-state index >= 15 is 0 Å². The molecule has 0 amide bonds. The largest absolute Gasteiger partial charge is 0.490 e. The average Bonchev–Trinajstić information content (AvgIpc) is 2.28. The summed E-state index contributed by atoms with van der Waals surface area (Å²) in [7, 11) is 0. The van der Waals surface area contributed by atoms with E-state index in [1.807, 2.05) is 0 Å². The van der Waals surface area contributed by atoms with Crippen LogP contribution in [0.15, 0.2) is 0 Å². The van der Waals surface area contributed by atoms with Crippen LogP contribution in [0.4, 0.5) is 13.2 Å². The van der Waals surface area contributed by atoms with Gasteiger partial charge in [0.25, 0.3) is 0 Å². The SMILES string of the molecule is N#CCC[C@H]1CC[C@H](N)CC1.O=C(O)C(F)(F)F. The quantitative estimate of drug-likeness (QED) is 0.803. The Morgan fingerprint density at radius 1 is 1.33 bits per heavy atom. The van der Waals surface area contributed by atoms with Gasteiger partial charge in [-0.3, -0.25) is 0 Å². The number of carboxylic acid groups (broad SMARTS) is 1. The third-order valence-electron chi connectivity index (χ3n) is 2.80. The predicted octanol–water partition coefficient (Wildman–Crippen LogP) is 2.44. The Bertz CT molecular complexity index is 292. The third-order valence-corrected chi connectivity index (χ3v) is 2.80. The molecule has 7 heteroatoms. The maximum Gasteiger partial charge on any atom is 0.490 e. The van der Waals surface area contributed by atoms with Gasteiger partial charge < -0.3 is 10.8 Å². The molecule has 0 unspecified atom stereocenters. The maximum absolute atomic E-state index is 10.6. The molecule has 3 N–H and O–H groups in total. The topological polar surface area (TPSA) is 87.1 Å². The van der Waals surface area contributed by atoms with E-state index in [0.717, 1.165) is 31.6 Å². The molecule has 1 aliphatic rings. The van der Waals surface area contributed by atoms with Crippen LogP contribution in [-0.2, 0) is 4.79 Å². The molecule has 0 heterocycles. The van der Waals surface area contributed by atoms with Crippen molar-refractivity contribution < 1.29 is 23.1 Å². The Kier molecular flexibility index (Phi) is 7.36. The molecule has 1 fully saturated rings. The minimum atomic E-state index is -5.08. The van der Waals surface area contributed by atoms with Gasteiger partial charge in [0, 0.05) is 12.5 Å². The van der Waals surface area contributed by atoms with Gasteiger partial charge in [0.05, 0.1) is 6.07 Å². The predicted molar refractivity (Wildman–Crippen MR) is 58.5 cm³/mol. The van der Waals surface area contributed by atoms with Gasteiger partial charge in [-0.15, -0.1) is 0 Å². The molecule has 0 aromatic rings. The van der Waals surface area contributed by atoms with Crippen LogP contribution in [-0.4, -0.2) is 23.3 Å². The Morgan fingerprint density at radius 3 is 2.11 bits per heavy atom. The van der Waals surface area contributed by atoms with Gasteiger partial charge in [-0.25, -0.2) is 4.79 Å². The van der Waals surface area contributed by atoms with Crippen molar-refractivity contribution in [1.82, 2.24) is 0 Å². The molecule has 0 aromatic carbocycles. The van der Waals surface area contributed by atoms with E-state index in [0.29, 0.717) is 6.04 Å². The second-order valence-electron chi connectivity index (χ2n) is 4.28. The number of nitriles is 1. The molecule has 0 atom stereocenters. The number of nitrogens with zero attached hydrogens (tertiary/aromatic N) is 1. The number of halogens is 3. The van der Waals surface area contributed by atoms with Gasteiger partial charge in [0.15, 0.2) is 0 Å². The zero-order valence-corrected chi connectivity index (χ0v) is 9.91. The lowest BCUT2D eigenvalue weighted by molar-refractivity contribution is -0.192. The number of carboxylic acids is 1. The van der Waals surface area contributed by atoms with E-state index in [9.17, 15) is 13.2 Å². The monoisotopic (exact) mass is 266 g/mol. The molecule has 0 aliphatic heterocycles. The molecular weight excluding hydrogens is 249 g/mol. The van der Waals surface area contributed by atoms with Crippen molar-refractivity contribution in [3.63, 3.8) is 0 Å². The lowest BCUT2D eigenvalue weighted by atomic mass is 9.84. The van der Waals surface area contributed by atoms with Crippen LogP contribution in [0.5, 0.6) is 0 Å². The second kappa shape index (κ2) is 7.93. The first-order valence-electron chi connectivity index (χ1n) is 5.70. The van der Waals surface area contributed by atoms with E-state index in [1.54, 1.807) is 0 Å². The van der Waals surface area contributed by atoms with Crippen LogP contribution in [0.3, 0.4) is 0 Å². The van der Waals surface area contributed by atoms with Crippen molar-refractivity contribution in [2.45, 2.75) is 50.7 Å². The van der Waals surface area contributed by atoms with E-state index in [1.165, 1.54) is 12.8 Å². The zero-order valence-electron chi connectivity index (χ0n) is 9.91. The normalized spacial score (nSPS) is 23.5. The van der Waals surface area contributed by atoms with Crippen LogP contribution in [0.25, 0.3) is 0 Å². The number of nitrogens with two attached hydrogens (primary N) is 1. The third kappa shape index (κ3) is 7.90. The van der Waals surface area contributed by atoms with E-state index < -0.39 is 12.1 Å². The summed E-state index contributed by atoms with van der Waals surface area (Å²) in [4.78, 5) is 8.90. The maximum atomic E-state index is 10.6. The van der Waals surface area contributed by atoms with Crippen LogP contribution >= 0.6 is 0 Å². The highest BCUT2D eigenvalue weighted by molar-refractivity contribution is 5.73. The van der Waals surface area contributed by atoms with Crippen molar-refractivity contribution in [1.29, 1.82) is 5.26 Å². The highest BCUT2D eigenvalue weighted by atomic mass is 19.4. The fourth-order valence-corrected chi connectivity index (χ4v) is 1.75.